The van der Waals surface area contributed by atoms with Gasteiger partial charge in [0.15, 0.2) is 5.78 Å². The van der Waals surface area contributed by atoms with Crippen LogP contribution in [0.4, 0.5) is 5.69 Å². The van der Waals surface area contributed by atoms with Crippen LogP contribution in [0.25, 0.3) is 11.0 Å². The second-order valence-electron chi connectivity index (χ2n) is 5.16. The summed E-state index contributed by atoms with van der Waals surface area (Å²) in [5.41, 5.74) is 2.53. The molecule has 1 aromatic heterocycles. The highest BCUT2D eigenvalue weighted by Gasteiger charge is 2.21. The normalized spacial score (nSPS) is 11.6. The summed E-state index contributed by atoms with van der Waals surface area (Å²) in [6.45, 7) is 1.44. The number of imidazole rings is 1. The van der Waals surface area contributed by atoms with E-state index in [9.17, 15) is 13.2 Å². The molecular formula is C16H15N3O3S. The molecule has 1 heterocycles. The molecule has 0 spiro atoms. The van der Waals surface area contributed by atoms with E-state index in [1.165, 1.54) is 42.5 Å². The van der Waals surface area contributed by atoms with Gasteiger partial charge < -0.3 is 4.98 Å². The first-order valence-corrected chi connectivity index (χ1v) is 8.36. The molecule has 3 rings (SSSR count). The van der Waals surface area contributed by atoms with Gasteiger partial charge in [0.1, 0.15) is 0 Å². The number of aromatic amines is 1. The Morgan fingerprint density at radius 2 is 1.83 bits per heavy atom. The van der Waals surface area contributed by atoms with Crippen molar-refractivity contribution in [1.29, 1.82) is 0 Å². The molecule has 0 radical (unpaired) electrons. The lowest BCUT2D eigenvalue weighted by atomic mass is 10.2. The average molecular weight is 329 g/mol. The number of H-pyrrole nitrogens is 1. The van der Waals surface area contributed by atoms with Crippen molar-refractivity contribution in [3.63, 3.8) is 0 Å². The van der Waals surface area contributed by atoms with Crippen molar-refractivity contribution in [2.45, 2.75) is 11.8 Å². The van der Waals surface area contributed by atoms with Gasteiger partial charge in [-0.2, -0.15) is 0 Å². The van der Waals surface area contributed by atoms with Gasteiger partial charge in [0.2, 0.25) is 0 Å². The molecular weight excluding hydrogens is 314 g/mol. The van der Waals surface area contributed by atoms with Gasteiger partial charge in [-0.3, -0.25) is 9.10 Å². The number of Topliss-reactive ketones (excluding diaryl/α,β-unsaturated/α-hetero) is 1. The fraction of sp³-hybridized carbons (Fsp3) is 0.125. The molecule has 118 valence electrons. The quantitative estimate of drug-likeness (QED) is 0.746. The number of nitrogens with one attached hydrogen (secondary N) is 1. The van der Waals surface area contributed by atoms with Crippen LogP contribution in [0.1, 0.15) is 17.3 Å². The minimum Gasteiger partial charge on any atom is -0.345 e. The summed E-state index contributed by atoms with van der Waals surface area (Å²) in [6.07, 6.45) is 1.56. The second kappa shape index (κ2) is 5.51. The van der Waals surface area contributed by atoms with Crippen molar-refractivity contribution in [3.8, 4) is 0 Å². The fourth-order valence-corrected chi connectivity index (χ4v) is 3.47. The molecule has 7 heteroatoms. The van der Waals surface area contributed by atoms with Gasteiger partial charge in [-0.25, -0.2) is 13.4 Å². The molecule has 0 fully saturated rings. The maximum absolute atomic E-state index is 12.7. The number of fused-ring (bicyclic) bond motifs is 1. The monoisotopic (exact) mass is 329 g/mol. The predicted octanol–water partition coefficient (Wildman–Crippen LogP) is 2.59. The number of hydrogen-bond acceptors (Lipinski definition) is 4. The maximum atomic E-state index is 12.7. The van der Waals surface area contributed by atoms with E-state index in [4.69, 9.17) is 0 Å². The first kappa shape index (κ1) is 15.2. The number of sulfonamides is 1. The number of carbonyl (C=O) groups excluding carboxylic acids is 1. The Morgan fingerprint density at radius 1 is 1.13 bits per heavy atom. The van der Waals surface area contributed by atoms with Gasteiger partial charge in [-0.1, -0.05) is 12.1 Å². The van der Waals surface area contributed by atoms with Crippen molar-refractivity contribution in [3.05, 3.63) is 54.4 Å². The molecule has 0 unspecified atom stereocenters. The Kier molecular flexibility index (Phi) is 3.65. The van der Waals surface area contributed by atoms with Crippen molar-refractivity contribution in [2.24, 2.45) is 0 Å². The number of hydrogen-bond donors (Lipinski definition) is 1. The number of ketones is 1. The van der Waals surface area contributed by atoms with Gasteiger partial charge in [0.05, 0.1) is 27.9 Å². The van der Waals surface area contributed by atoms with Crippen LogP contribution < -0.4 is 4.31 Å². The van der Waals surface area contributed by atoms with E-state index in [-0.39, 0.29) is 10.7 Å². The molecule has 0 bridgehead atoms. The van der Waals surface area contributed by atoms with Crippen LogP contribution in [-0.4, -0.2) is 31.2 Å². The minimum atomic E-state index is -3.70. The van der Waals surface area contributed by atoms with E-state index in [1.54, 1.807) is 24.5 Å². The van der Waals surface area contributed by atoms with Crippen molar-refractivity contribution in [2.75, 3.05) is 11.4 Å². The summed E-state index contributed by atoms with van der Waals surface area (Å²) < 4.78 is 26.6. The number of carbonyl (C=O) groups is 1. The zero-order valence-corrected chi connectivity index (χ0v) is 13.5. The molecule has 0 amide bonds. The molecule has 3 aromatic rings. The maximum Gasteiger partial charge on any atom is 0.264 e. The van der Waals surface area contributed by atoms with E-state index in [2.05, 4.69) is 9.97 Å². The van der Waals surface area contributed by atoms with Gasteiger partial charge >= 0.3 is 0 Å². The van der Waals surface area contributed by atoms with E-state index < -0.39 is 10.0 Å². The van der Waals surface area contributed by atoms with Gasteiger partial charge in [-0.05, 0) is 37.3 Å². The van der Waals surface area contributed by atoms with Crippen LogP contribution in [0.2, 0.25) is 0 Å². The van der Waals surface area contributed by atoms with Crippen LogP contribution in [0, 0.1) is 0 Å². The number of benzene rings is 2. The Bertz CT molecular complexity index is 975. The summed E-state index contributed by atoms with van der Waals surface area (Å²) >= 11 is 0. The number of nitrogens with zero attached hydrogens (tertiary/aromatic N) is 2. The van der Waals surface area contributed by atoms with Crippen LogP contribution in [0.5, 0.6) is 0 Å². The molecule has 0 saturated carbocycles. The number of rotatable bonds is 4. The second-order valence-corrected chi connectivity index (χ2v) is 7.13. The Morgan fingerprint density at radius 3 is 2.48 bits per heavy atom. The Labute approximate surface area is 133 Å². The summed E-state index contributed by atoms with van der Waals surface area (Å²) in [6, 6.07) is 11.1. The molecule has 0 aliphatic rings. The van der Waals surface area contributed by atoms with Crippen LogP contribution >= 0.6 is 0 Å². The highest BCUT2D eigenvalue weighted by molar-refractivity contribution is 7.92. The van der Waals surface area contributed by atoms with Crippen molar-refractivity contribution >= 4 is 32.5 Å². The van der Waals surface area contributed by atoms with E-state index in [0.29, 0.717) is 11.3 Å². The van der Waals surface area contributed by atoms with Gasteiger partial charge in [-0.15, -0.1) is 0 Å². The molecule has 0 aliphatic heterocycles. The molecule has 2 aromatic carbocycles. The lowest BCUT2D eigenvalue weighted by Crippen LogP contribution is -2.26. The highest BCUT2D eigenvalue weighted by Crippen LogP contribution is 2.24. The first-order chi connectivity index (χ1) is 10.9. The summed E-state index contributed by atoms with van der Waals surface area (Å²) in [7, 11) is -2.21. The SMILES string of the molecule is CC(=O)c1ccc(S(=O)(=O)N(C)c2ccc3nc[nH]c3c2)cc1. The predicted molar refractivity (Wildman–Crippen MR) is 88.1 cm³/mol. The van der Waals surface area contributed by atoms with Crippen LogP contribution in [0.15, 0.2) is 53.7 Å². The molecule has 0 atom stereocenters. The third-order valence-corrected chi connectivity index (χ3v) is 5.49. The fourth-order valence-electron chi connectivity index (χ4n) is 2.28. The van der Waals surface area contributed by atoms with Gasteiger partial charge in [0, 0.05) is 12.6 Å². The topological polar surface area (TPSA) is 83.1 Å². The van der Waals surface area contributed by atoms with E-state index in [0.717, 1.165) is 11.0 Å². The van der Waals surface area contributed by atoms with Crippen LogP contribution in [-0.2, 0) is 10.0 Å². The zero-order valence-electron chi connectivity index (χ0n) is 12.6. The first-order valence-electron chi connectivity index (χ1n) is 6.92. The lowest BCUT2D eigenvalue weighted by molar-refractivity contribution is 0.101. The Hall–Kier alpha value is -2.67. The summed E-state index contributed by atoms with van der Waals surface area (Å²) in [4.78, 5) is 18.5. The Balaban J connectivity index is 1.98. The molecule has 0 saturated heterocycles. The van der Waals surface area contributed by atoms with Crippen molar-refractivity contribution in [1.82, 2.24) is 9.97 Å². The van der Waals surface area contributed by atoms with E-state index in [1.807, 2.05) is 0 Å². The minimum absolute atomic E-state index is 0.105. The smallest absolute Gasteiger partial charge is 0.264 e. The number of aromatic nitrogens is 2. The third-order valence-electron chi connectivity index (χ3n) is 3.69. The molecule has 0 aliphatic carbocycles. The van der Waals surface area contributed by atoms with Crippen LogP contribution in [0.3, 0.4) is 0 Å². The standard InChI is InChI=1S/C16H15N3O3S/c1-11(20)12-3-6-14(7-4-12)23(21,22)19(2)13-5-8-15-16(9-13)18-10-17-15/h3-10H,1-2H3,(H,17,18). The largest absolute Gasteiger partial charge is 0.345 e. The summed E-state index contributed by atoms with van der Waals surface area (Å²) in [5, 5.41) is 0. The average Bonchev–Trinajstić information content (AvgIpc) is 3.01. The molecule has 6 nitrogen and oxygen atoms in total. The molecule has 1 N–H and O–H groups in total. The highest BCUT2D eigenvalue weighted by atomic mass is 32.2. The summed E-state index contributed by atoms with van der Waals surface area (Å²) in [5.74, 6) is -0.105. The van der Waals surface area contributed by atoms with Gasteiger partial charge in [0.25, 0.3) is 10.0 Å². The third kappa shape index (κ3) is 2.70. The van der Waals surface area contributed by atoms with E-state index >= 15 is 0 Å². The lowest BCUT2D eigenvalue weighted by Gasteiger charge is -2.19. The number of anilines is 1. The van der Waals surface area contributed by atoms with Crippen molar-refractivity contribution < 1.29 is 13.2 Å². The zero-order chi connectivity index (χ0) is 16.6. The molecule has 23 heavy (non-hydrogen) atoms.